The molecule has 1 rings (SSSR count). The third-order valence-corrected chi connectivity index (χ3v) is 2.43. The smallest absolute Gasteiger partial charge is 0.378 e. The molecule has 1 aliphatic rings. The van der Waals surface area contributed by atoms with E-state index in [0.717, 1.165) is 6.92 Å². The molecule has 0 aromatic carbocycles. The Morgan fingerprint density at radius 3 is 2.15 bits per heavy atom. The summed E-state index contributed by atoms with van der Waals surface area (Å²) >= 11 is 0. The van der Waals surface area contributed by atoms with Crippen molar-refractivity contribution in [2.24, 2.45) is 5.92 Å². The second kappa shape index (κ2) is 3.13. The Hall–Kier alpha value is -0.290. The van der Waals surface area contributed by atoms with Gasteiger partial charge in [-0.15, -0.1) is 0 Å². The Kier molecular flexibility index (Phi) is 2.60. The number of hydrogen-bond acceptors (Lipinski definition) is 2. The van der Waals surface area contributed by atoms with Crippen LogP contribution in [0.2, 0.25) is 0 Å². The van der Waals surface area contributed by atoms with Gasteiger partial charge in [0.2, 0.25) is 0 Å². The average molecular weight is 198 g/mol. The highest BCUT2D eigenvalue weighted by Crippen LogP contribution is 2.41. The van der Waals surface area contributed by atoms with E-state index in [1.807, 2.05) is 0 Å². The summed E-state index contributed by atoms with van der Waals surface area (Å²) in [5, 5.41) is 0. The van der Waals surface area contributed by atoms with Crippen LogP contribution in [-0.2, 0) is 9.47 Å². The first-order valence-corrected chi connectivity index (χ1v) is 4.05. The molecule has 1 aliphatic heterocycles. The van der Waals surface area contributed by atoms with E-state index in [1.54, 1.807) is 6.92 Å². The van der Waals surface area contributed by atoms with Gasteiger partial charge in [-0.25, -0.2) is 0 Å². The van der Waals surface area contributed by atoms with Crippen molar-refractivity contribution in [2.45, 2.75) is 31.7 Å². The second-order valence-corrected chi connectivity index (χ2v) is 3.59. The standard InChI is InChI=1S/C8H13F3O2/c1-5(8(9,10)11)6(12-3)7(2)4-13-7/h5-6H,4H2,1-3H3. The molecule has 3 unspecified atom stereocenters. The van der Waals surface area contributed by atoms with Gasteiger partial charge >= 0.3 is 6.18 Å². The Morgan fingerprint density at radius 1 is 1.46 bits per heavy atom. The van der Waals surface area contributed by atoms with Crippen LogP contribution in [0.1, 0.15) is 13.8 Å². The first-order valence-electron chi connectivity index (χ1n) is 4.05. The molecular formula is C8H13F3O2. The summed E-state index contributed by atoms with van der Waals surface area (Å²) in [6, 6.07) is 0. The number of alkyl halides is 3. The van der Waals surface area contributed by atoms with Crippen molar-refractivity contribution in [1.29, 1.82) is 0 Å². The number of halogens is 3. The number of hydrogen-bond donors (Lipinski definition) is 0. The quantitative estimate of drug-likeness (QED) is 0.647. The lowest BCUT2D eigenvalue weighted by Gasteiger charge is -2.27. The summed E-state index contributed by atoms with van der Waals surface area (Å²) in [7, 11) is 1.28. The molecule has 1 fully saturated rings. The molecule has 0 bridgehead atoms. The van der Waals surface area contributed by atoms with Gasteiger partial charge in [0.15, 0.2) is 0 Å². The Morgan fingerprint density at radius 2 is 1.92 bits per heavy atom. The minimum Gasteiger partial charge on any atom is -0.378 e. The topological polar surface area (TPSA) is 21.8 Å². The second-order valence-electron chi connectivity index (χ2n) is 3.59. The predicted octanol–water partition coefficient (Wildman–Crippen LogP) is 1.99. The van der Waals surface area contributed by atoms with Crippen molar-refractivity contribution in [3.63, 3.8) is 0 Å². The zero-order chi connectivity index (χ0) is 10.3. The minimum atomic E-state index is -4.23. The highest BCUT2D eigenvalue weighted by Gasteiger charge is 2.56. The molecule has 5 heteroatoms. The average Bonchev–Trinajstić information content (AvgIpc) is 2.68. The summed E-state index contributed by atoms with van der Waals surface area (Å²) in [6.45, 7) is 3.08. The predicted molar refractivity (Wildman–Crippen MR) is 40.4 cm³/mol. The molecule has 0 aromatic heterocycles. The van der Waals surface area contributed by atoms with Crippen LogP contribution in [0.25, 0.3) is 0 Å². The summed E-state index contributed by atoms with van der Waals surface area (Å²) < 4.78 is 46.7. The van der Waals surface area contributed by atoms with Crippen molar-refractivity contribution in [2.75, 3.05) is 13.7 Å². The molecule has 0 amide bonds. The maximum atomic E-state index is 12.3. The molecule has 1 heterocycles. The molecule has 0 saturated carbocycles. The van der Waals surface area contributed by atoms with E-state index in [-0.39, 0.29) is 0 Å². The summed E-state index contributed by atoms with van der Waals surface area (Å²) in [6.07, 6.45) is -5.14. The van der Waals surface area contributed by atoms with Gasteiger partial charge in [-0.1, -0.05) is 6.92 Å². The van der Waals surface area contributed by atoms with E-state index in [2.05, 4.69) is 0 Å². The van der Waals surface area contributed by atoms with Crippen molar-refractivity contribution in [1.82, 2.24) is 0 Å². The van der Waals surface area contributed by atoms with Gasteiger partial charge in [-0.3, -0.25) is 0 Å². The zero-order valence-corrected chi connectivity index (χ0v) is 7.81. The van der Waals surface area contributed by atoms with Crippen LogP contribution in [-0.4, -0.2) is 31.6 Å². The largest absolute Gasteiger partial charge is 0.394 e. The molecule has 0 aromatic rings. The number of rotatable bonds is 3. The third-order valence-electron chi connectivity index (χ3n) is 2.43. The van der Waals surface area contributed by atoms with Crippen LogP contribution < -0.4 is 0 Å². The lowest BCUT2D eigenvalue weighted by Crippen LogP contribution is -2.42. The van der Waals surface area contributed by atoms with Gasteiger partial charge in [-0.05, 0) is 6.92 Å². The monoisotopic (exact) mass is 198 g/mol. The van der Waals surface area contributed by atoms with Gasteiger partial charge in [0.05, 0.1) is 18.6 Å². The van der Waals surface area contributed by atoms with E-state index < -0.39 is 23.8 Å². The van der Waals surface area contributed by atoms with Crippen LogP contribution in [0, 0.1) is 5.92 Å². The molecule has 1 saturated heterocycles. The van der Waals surface area contributed by atoms with Crippen LogP contribution >= 0.6 is 0 Å². The third kappa shape index (κ3) is 2.14. The number of ether oxygens (including phenoxy) is 2. The fourth-order valence-corrected chi connectivity index (χ4v) is 1.43. The zero-order valence-electron chi connectivity index (χ0n) is 7.81. The van der Waals surface area contributed by atoms with Crippen molar-refractivity contribution in [3.05, 3.63) is 0 Å². The van der Waals surface area contributed by atoms with Gasteiger partial charge in [-0.2, -0.15) is 13.2 Å². The van der Waals surface area contributed by atoms with E-state index >= 15 is 0 Å². The van der Waals surface area contributed by atoms with Crippen molar-refractivity contribution >= 4 is 0 Å². The maximum absolute atomic E-state index is 12.3. The Balaban J connectivity index is 2.67. The van der Waals surface area contributed by atoms with Gasteiger partial charge in [0.1, 0.15) is 5.60 Å². The first kappa shape index (κ1) is 10.8. The fraction of sp³-hybridized carbons (Fsp3) is 1.00. The molecule has 0 aliphatic carbocycles. The maximum Gasteiger partial charge on any atom is 0.394 e. The van der Waals surface area contributed by atoms with Crippen molar-refractivity contribution in [3.8, 4) is 0 Å². The highest BCUT2D eigenvalue weighted by molar-refractivity contribution is 4.98. The normalized spacial score (nSPS) is 32.8. The van der Waals surface area contributed by atoms with Crippen LogP contribution in [0.15, 0.2) is 0 Å². The van der Waals surface area contributed by atoms with E-state index in [1.165, 1.54) is 7.11 Å². The lowest BCUT2D eigenvalue weighted by molar-refractivity contribution is -0.206. The molecule has 2 nitrogen and oxygen atoms in total. The van der Waals surface area contributed by atoms with Crippen LogP contribution in [0.5, 0.6) is 0 Å². The van der Waals surface area contributed by atoms with Gasteiger partial charge in [0, 0.05) is 7.11 Å². The molecule has 3 atom stereocenters. The van der Waals surface area contributed by atoms with Crippen LogP contribution in [0.4, 0.5) is 13.2 Å². The number of methoxy groups -OCH3 is 1. The molecule has 0 spiro atoms. The van der Waals surface area contributed by atoms with Crippen molar-refractivity contribution < 1.29 is 22.6 Å². The summed E-state index contributed by atoms with van der Waals surface area (Å²) in [5.41, 5.74) is -0.746. The highest BCUT2D eigenvalue weighted by atomic mass is 19.4. The van der Waals surface area contributed by atoms with E-state index in [4.69, 9.17) is 9.47 Å². The van der Waals surface area contributed by atoms with E-state index in [9.17, 15) is 13.2 Å². The molecular weight excluding hydrogens is 185 g/mol. The molecule has 13 heavy (non-hydrogen) atoms. The van der Waals surface area contributed by atoms with Gasteiger partial charge < -0.3 is 9.47 Å². The molecule has 0 radical (unpaired) electrons. The van der Waals surface area contributed by atoms with Gasteiger partial charge in [0.25, 0.3) is 0 Å². The lowest BCUT2D eigenvalue weighted by atomic mass is 9.93. The summed E-state index contributed by atoms with van der Waals surface area (Å²) in [4.78, 5) is 0. The molecule has 78 valence electrons. The molecule has 0 N–H and O–H groups in total. The first-order chi connectivity index (χ1) is 5.81. The van der Waals surface area contributed by atoms with E-state index in [0.29, 0.717) is 6.61 Å². The minimum absolute atomic E-state index is 0.339. The van der Waals surface area contributed by atoms with Crippen LogP contribution in [0.3, 0.4) is 0 Å². The fourth-order valence-electron chi connectivity index (χ4n) is 1.43. The Bertz CT molecular complexity index is 186. The number of epoxide rings is 1. The SMILES string of the molecule is COC(C(C)C(F)(F)F)C1(C)CO1. The Labute approximate surface area is 75.0 Å². The summed E-state index contributed by atoms with van der Waals surface area (Å²) in [5.74, 6) is -1.50.